The number of imide groups is 1. The summed E-state index contributed by atoms with van der Waals surface area (Å²) in [6.45, 7) is 3.44. The number of thioether (sulfide) groups is 1. The van der Waals surface area contributed by atoms with E-state index in [2.05, 4.69) is 10.2 Å². The molecule has 0 aliphatic carbocycles. The van der Waals surface area contributed by atoms with Gasteiger partial charge < -0.3 is 10.2 Å². The Hall–Kier alpha value is -2.88. The van der Waals surface area contributed by atoms with Crippen molar-refractivity contribution in [2.24, 2.45) is 0 Å². The number of benzene rings is 2. The van der Waals surface area contributed by atoms with Crippen molar-refractivity contribution in [3.05, 3.63) is 69.8 Å². The highest BCUT2D eigenvalue weighted by atomic mass is 35.5. The standard InChI is InChI=1S/C24H24ClFN4O3S/c25-20-4-2-1-3-17(20)15-21-23(32)30(24(33)34-21)10-9-27-22(31)16-28-11-13-29(14-12-28)19-7-5-18(26)6-8-19/h1-8,15H,9-14,16H2,(H,27,31)/b21-15-. The highest BCUT2D eigenvalue weighted by molar-refractivity contribution is 8.18. The second-order valence-corrected chi connectivity index (χ2v) is 9.34. The van der Waals surface area contributed by atoms with Crippen molar-refractivity contribution in [2.75, 3.05) is 50.7 Å². The molecule has 3 amide bonds. The molecule has 2 saturated heterocycles. The van der Waals surface area contributed by atoms with E-state index in [0.717, 1.165) is 35.4 Å². The summed E-state index contributed by atoms with van der Waals surface area (Å²) in [5.74, 6) is -0.808. The smallest absolute Gasteiger partial charge is 0.293 e. The number of amides is 3. The van der Waals surface area contributed by atoms with Crippen molar-refractivity contribution in [1.82, 2.24) is 15.1 Å². The van der Waals surface area contributed by atoms with Gasteiger partial charge in [-0.05, 0) is 53.7 Å². The molecule has 0 saturated carbocycles. The maximum atomic E-state index is 13.1. The molecule has 0 bridgehead atoms. The minimum Gasteiger partial charge on any atom is -0.369 e. The average molecular weight is 503 g/mol. The summed E-state index contributed by atoms with van der Waals surface area (Å²) in [6.07, 6.45) is 1.61. The van der Waals surface area contributed by atoms with Crippen LogP contribution in [-0.4, -0.2) is 72.7 Å². The van der Waals surface area contributed by atoms with Gasteiger partial charge in [-0.2, -0.15) is 0 Å². The molecular weight excluding hydrogens is 479 g/mol. The summed E-state index contributed by atoms with van der Waals surface area (Å²) >= 11 is 7.00. The Morgan fingerprint density at radius 2 is 1.76 bits per heavy atom. The number of nitrogens with one attached hydrogen (secondary N) is 1. The van der Waals surface area contributed by atoms with Gasteiger partial charge >= 0.3 is 0 Å². The molecule has 0 aromatic heterocycles. The molecule has 2 aromatic rings. The van der Waals surface area contributed by atoms with Crippen molar-refractivity contribution in [3.63, 3.8) is 0 Å². The Labute approximate surface area is 206 Å². The fraction of sp³-hybridized carbons (Fsp3) is 0.292. The Bertz CT molecular complexity index is 1100. The van der Waals surface area contributed by atoms with E-state index in [0.29, 0.717) is 28.6 Å². The molecular formula is C24H24ClFN4O3S. The summed E-state index contributed by atoms with van der Waals surface area (Å²) in [4.78, 5) is 42.9. The molecule has 0 radical (unpaired) electrons. The van der Waals surface area contributed by atoms with Gasteiger partial charge in [0.1, 0.15) is 5.82 Å². The van der Waals surface area contributed by atoms with Gasteiger partial charge in [-0.25, -0.2) is 4.39 Å². The van der Waals surface area contributed by atoms with Gasteiger partial charge in [0.25, 0.3) is 11.1 Å². The topological polar surface area (TPSA) is 73.0 Å². The van der Waals surface area contributed by atoms with E-state index in [1.807, 2.05) is 4.90 Å². The maximum Gasteiger partial charge on any atom is 0.293 e. The number of nitrogens with zero attached hydrogens (tertiary/aromatic N) is 3. The lowest BCUT2D eigenvalue weighted by molar-refractivity contribution is -0.124. The van der Waals surface area contributed by atoms with Crippen molar-refractivity contribution in [3.8, 4) is 0 Å². The monoisotopic (exact) mass is 502 g/mol. The fourth-order valence-electron chi connectivity index (χ4n) is 3.81. The van der Waals surface area contributed by atoms with Crippen LogP contribution in [0.1, 0.15) is 5.56 Å². The SMILES string of the molecule is O=C(CN1CCN(c2ccc(F)cc2)CC1)NCCN1C(=O)S/C(=C\c2ccccc2Cl)C1=O. The van der Waals surface area contributed by atoms with Crippen LogP contribution in [0, 0.1) is 5.82 Å². The third-order valence-electron chi connectivity index (χ3n) is 5.65. The van der Waals surface area contributed by atoms with Crippen LogP contribution in [0.25, 0.3) is 6.08 Å². The van der Waals surface area contributed by atoms with Crippen LogP contribution in [0.15, 0.2) is 53.4 Å². The maximum absolute atomic E-state index is 13.1. The van der Waals surface area contributed by atoms with E-state index in [1.165, 1.54) is 12.1 Å². The first-order chi connectivity index (χ1) is 16.4. The molecule has 4 rings (SSSR count). The zero-order valence-electron chi connectivity index (χ0n) is 18.4. The summed E-state index contributed by atoms with van der Waals surface area (Å²) < 4.78 is 13.1. The first kappa shape index (κ1) is 24.3. The molecule has 1 N–H and O–H groups in total. The largest absolute Gasteiger partial charge is 0.369 e. The zero-order chi connectivity index (χ0) is 24.1. The van der Waals surface area contributed by atoms with Crippen LogP contribution in [-0.2, 0) is 9.59 Å². The quantitative estimate of drug-likeness (QED) is 0.585. The number of anilines is 1. The molecule has 2 aliphatic heterocycles. The molecule has 2 fully saturated rings. The van der Waals surface area contributed by atoms with Crippen molar-refractivity contribution in [2.45, 2.75) is 0 Å². The number of carbonyl (C=O) groups is 3. The second-order valence-electron chi connectivity index (χ2n) is 7.94. The van der Waals surface area contributed by atoms with Crippen molar-refractivity contribution < 1.29 is 18.8 Å². The fourth-order valence-corrected chi connectivity index (χ4v) is 4.85. The van der Waals surface area contributed by atoms with E-state index in [1.54, 1.807) is 42.5 Å². The predicted molar refractivity (Wildman–Crippen MR) is 132 cm³/mol. The summed E-state index contributed by atoms with van der Waals surface area (Å²) in [7, 11) is 0. The third-order valence-corrected chi connectivity index (χ3v) is 6.91. The number of piperazine rings is 1. The van der Waals surface area contributed by atoms with Crippen LogP contribution >= 0.6 is 23.4 Å². The molecule has 178 valence electrons. The van der Waals surface area contributed by atoms with Crippen LogP contribution in [0.2, 0.25) is 5.02 Å². The highest BCUT2D eigenvalue weighted by Crippen LogP contribution is 2.33. The zero-order valence-corrected chi connectivity index (χ0v) is 19.9. The van der Waals surface area contributed by atoms with Crippen molar-refractivity contribution >= 4 is 52.2 Å². The Morgan fingerprint density at radius 3 is 2.47 bits per heavy atom. The van der Waals surface area contributed by atoms with Gasteiger partial charge in [-0.1, -0.05) is 29.8 Å². The molecule has 34 heavy (non-hydrogen) atoms. The van der Waals surface area contributed by atoms with Gasteiger partial charge in [-0.3, -0.25) is 24.2 Å². The van der Waals surface area contributed by atoms with Crippen LogP contribution in [0.5, 0.6) is 0 Å². The third kappa shape index (κ3) is 5.97. The highest BCUT2D eigenvalue weighted by Gasteiger charge is 2.34. The molecule has 0 atom stereocenters. The lowest BCUT2D eigenvalue weighted by Gasteiger charge is -2.35. The van der Waals surface area contributed by atoms with E-state index in [9.17, 15) is 18.8 Å². The summed E-state index contributed by atoms with van der Waals surface area (Å²) in [6, 6.07) is 13.5. The summed E-state index contributed by atoms with van der Waals surface area (Å²) in [5.41, 5.74) is 1.63. The molecule has 2 aliphatic rings. The Kier molecular flexibility index (Phi) is 7.87. The van der Waals surface area contributed by atoms with Gasteiger partial charge in [-0.15, -0.1) is 0 Å². The number of halogens is 2. The van der Waals surface area contributed by atoms with Crippen LogP contribution in [0.3, 0.4) is 0 Å². The molecule has 2 heterocycles. The lowest BCUT2D eigenvalue weighted by Crippen LogP contribution is -2.50. The van der Waals surface area contributed by atoms with Gasteiger partial charge in [0, 0.05) is 50.0 Å². The van der Waals surface area contributed by atoms with E-state index in [-0.39, 0.29) is 42.5 Å². The number of hydrogen-bond donors (Lipinski definition) is 1. The first-order valence-corrected chi connectivity index (χ1v) is 12.1. The van der Waals surface area contributed by atoms with Gasteiger partial charge in [0.05, 0.1) is 11.4 Å². The van der Waals surface area contributed by atoms with E-state index < -0.39 is 0 Å². The van der Waals surface area contributed by atoms with Crippen LogP contribution in [0.4, 0.5) is 14.9 Å². The molecule has 7 nitrogen and oxygen atoms in total. The minimum absolute atomic E-state index is 0.106. The first-order valence-electron chi connectivity index (χ1n) is 10.9. The van der Waals surface area contributed by atoms with Gasteiger partial charge in [0.2, 0.25) is 5.91 Å². The average Bonchev–Trinajstić information content (AvgIpc) is 3.09. The van der Waals surface area contributed by atoms with E-state index in [4.69, 9.17) is 11.6 Å². The summed E-state index contributed by atoms with van der Waals surface area (Å²) in [5, 5.41) is 2.92. The molecule has 2 aromatic carbocycles. The molecule has 0 unspecified atom stereocenters. The normalized spacial score (nSPS) is 18.1. The van der Waals surface area contributed by atoms with Crippen molar-refractivity contribution in [1.29, 1.82) is 0 Å². The minimum atomic E-state index is -0.388. The van der Waals surface area contributed by atoms with Gasteiger partial charge in [0.15, 0.2) is 0 Å². The number of rotatable bonds is 7. The second kappa shape index (κ2) is 11.0. The van der Waals surface area contributed by atoms with E-state index >= 15 is 0 Å². The predicted octanol–water partition coefficient (Wildman–Crippen LogP) is 3.45. The Morgan fingerprint density at radius 1 is 1.06 bits per heavy atom. The molecule has 10 heteroatoms. The number of carbonyl (C=O) groups excluding carboxylic acids is 3. The molecule has 0 spiro atoms. The number of hydrogen-bond acceptors (Lipinski definition) is 6. The lowest BCUT2D eigenvalue weighted by atomic mass is 10.2. The Balaban J connectivity index is 1.21. The van der Waals surface area contributed by atoms with Crippen LogP contribution < -0.4 is 10.2 Å².